The summed E-state index contributed by atoms with van der Waals surface area (Å²) in [5.41, 5.74) is -0.168. The molecule has 2 rings (SSSR count). The number of anilines is 1. The van der Waals surface area contributed by atoms with Crippen molar-refractivity contribution in [3.63, 3.8) is 0 Å². The number of nitrogens with one attached hydrogen (secondary N) is 1. The average molecular weight is 320 g/mol. The zero-order valence-electron chi connectivity index (χ0n) is 12.5. The van der Waals surface area contributed by atoms with Crippen molar-refractivity contribution in [2.45, 2.75) is 27.2 Å². The molecule has 1 N–H and O–H groups in total. The summed E-state index contributed by atoms with van der Waals surface area (Å²) in [4.78, 5) is 22.5. The van der Waals surface area contributed by atoms with Crippen LogP contribution in [-0.4, -0.2) is 21.0 Å². The van der Waals surface area contributed by atoms with Gasteiger partial charge in [-0.1, -0.05) is 44.2 Å². The molecule has 0 aliphatic heterocycles. The van der Waals surface area contributed by atoms with Gasteiger partial charge in [-0.05, 0) is 11.5 Å². The summed E-state index contributed by atoms with van der Waals surface area (Å²) in [7, 11) is 0. The average Bonchev–Trinajstić information content (AvgIpc) is 2.83. The third-order valence-corrected chi connectivity index (χ3v) is 3.55. The Kier molecular flexibility index (Phi) is 4.51. The lowest BCUT2D eigenvalue weighted by molar-refractivity contribution is -0.385. The van der Waals surface area contributed by atoms with E-state index in [1.165, 1.54) is 29.5 Å². The molecule has 1 heterocycles. The van der Waals surface area contributed by atoms with Gasteiger partial charge in [0.2, 0.25) is 5.13 Å². The van der Waals surface area contributed by atoms with Crippen LogP contribution >= 0.6 is 11.3 Å². The van der Waals surface area contributed by atoms with Crippen molar-refractivity contribution in [2.24, 2.45) is 5.41 Å². The number of carbonyl (C=O) groups is 1. The summed E-state index contributed by atoms with van der Waals surface area (Å²) in [6.45, 7) is 6.25. The lowest BCUT2D eigenvalue weighted by Gasteiger charge is -2.14. The number of nitro groups is 1. The van der Waals surface area contributed by atoms with Gasteiger partial charge in [0.05, 0.1) is 4.92 Å². The molecule has 22 heavy (non-hydrogen) atoms. The number of carbonyl (C=O) groups excluding carboxylic acids is 1. The van der Waals surface area contributed by atoms with Crippen LogP contribution in [0.3, 0.4) is 0 Å². The number of rotatable bonds is 4. The summed E-state index contributed by atoms with van der Waals surface area (Å²) in [5.74, 6) is -0.564. The molecule has 1 amide bonds. The molecule has 8 heteroatoms. The molecule has 0 aliphatic carbocycles. The minimum atomic E-state index is -0.583. The molecule has 0 atom stereocenters. The van der Waals surface area contributed by atoms with Gasteiger partial charge in [0.25, 0.3) is 11.6 Å². The van der Waals surface area contributed by atoms with Crippen molar-refractivity contribution in [1.82, 2.24) is 10.2 Å². The molecule has 0 aliphatic rings. The first kappa shape index (κ1) is 16.0. The largest absolute Gasteiger partial charge is 0.296 e. The van der Waals surface area contributed by atoms with Crippen LogP contribution in [0, 0.1) is 15.5 Å². The molecule has 0 radical (unpaired) electrons. The van der Waals surface area contributed by atoms with Crippen LogP contribution in [0.5, 0.6) is 0 Å². The molecule has 1 aromatic carbocycles. The minimum absolute atomic E-state index is 0.0000661. The van der Waals surface area contributed by atoms with Crippen LogP contribution < -0.4 is 5.32 Å². The van der Waals surface area contributed by atoms with Crippen LogP contribution in [0.15, 0.2) is 24.3 Å². The summed E-state index contributed by atoms with van der Waals surface area (Å²) in [5, 5.41) is 22.6. The van der Waals surface area contributed by atoms with E-state index in [9.17, 15) is 14.9 Å². The second-order valence-corrected chi connectivity index (χ2v) is 7.03. The Morgan fingerprint density at radius 1 is 1.32 bits per heavy atom. The fraction of sp³-hybridized carbons (Fsp3) is 0.357. The van der Waals surface area contributed by atoms with Crippen LogP contribution in [0.4, 0.5) is 10.8 Å². The van der Waals surface area contributed by atoms with Crippen molar-refractivity contribution < 1.29 is 9.72 Å². The monoisotopic (exact) mass is 320 g/mol. The molecule has 0 unspecified atom stereocenters. The molecule has 0 bridgehead atoms. The standard InChI is InChI=1S/C14H16N4O3S/c1-14(2,3)8-11-16-17-13(22-11)15-12(19)9-6-4-5-7-10(9)18(20)21/h4-7H,8H2,1-3H3,(H,15,17,19). The fourth-order valence-electron chi connectivity index (χ4n) is 1.82. The van der Waals surface area contributed by atoms with Gasteiger partial charge in [-0.15, -0.1) is 10.2 Å². The quantitative estimate of drug-likeness (QED) is 0.688. The van der Waals surface area contributed by atoms with Crippen molar-refractivity contribution >= 4 is 28.1 Å². The number of para-hydroxylation sites is 1. The second kappa shape index (κ2) is 6.18. The van der Waals surface area contributed by atoms with E-state index in [0.29, 0.717) is 5.13 Å². The number of hydrogen-bond acceptors (Lipinski definition) is 6. The lowest BCUT2D eigenvalue weighted by atomic mass is 9.93. The van der Waals surface area contributed by atoms with Crippen molar-refractivity contribution in [3.05, 3.63) is 45.0 Å². The third kappa shape index (κ3) is 4.08. The molecule has 0 spiro atoms. The number of hydrogen-bond donors (Lipinski definition) is 1. The molecule has 2 aromatic rings. The van der Waals surface area contributed by atoms with Gasteiger partial charge >= 0.3 is 0 Å². The highest BCUT2D eigenvalue weighted by Gasteiger charge is 2.21. The molecular weight excluding hydrogens is 304 g/mol. The van der Waals surface area contributed by atoms with E-state index < -0.39 is 10.8 Å². The van der Waals surface area contributed by atoms with Crippen molar-refractivity contribution in [1.29, 1.82) is 0 Å². The van der Waals surface area contributed by atoms with Crippen LogP contribution in [-0.2, 0) is 6.42 Å². The molecule has 0 fully saturated rings. The fourth-order valence-corrected chi connectivity index (χ4v) is 2.85. The van der Waals surface area contributed by atoms with E-state index in [1.54, 1.807) is 6.07 Å². The van der Waals surface area contributed by atoms with E-state index >= 15 is 0 Å². The van der Waals surface area contributed by atoms with Gasteiger partial charge in [-0.3, -0.25) is 20.2 Å². The van der Waals surface area contributed by atoms with E-state index in [2.05, 4.69) is 36.3 Å². The maximum Gasteiger partial charge on any atom is 0.282 e. The molecule has 0 saturated carbocycles. The van der Waals surface area contributed by atoms with E-state index in [0.717, 1.165) is 11.4 Å². The number of benzene rings is 1. The predicted molar refractivity (Wildman–Crippen MR) is 84.1 cm³/mol. The Balaban J connectivity index is 2.15. The van der Waals surface area contributed by atoms with Gasteiger partial charge in [0.15, 0.2) is 0 Å². The summed E-state index contributed by atoms with van der Waals surface area (Å²) >= 11 is 1.27. The minimum Gasteiger partial charge on any atom is -0.296 e. The van der Waals surface area contributed by atoms with Gasteiger partial charge in [0.1, 0.15) is 10.6 Å². The second-order valence-electron chi connectivity index (χ2n) is 5.97. The summed E-state index contributed by atoms with van der Waals surface area (Å²) in [6.07, 6.45) is 0.742. The van der Waals surface area contributed by atoms with E-state index in [-0.39, 0.29) is 16.7 Å². The third-order valence-electron chi connectivity index (χ3n) is 2.71. The van der Waals surface area contributed by atoms with E-state index in [4.69, 9.17) is 0 Å². The smallest absolute Gasteiger partial charge is 0.282 e. The lowest BCUT2D eigenvalue weighted by Crippen LogP contribution is -2.13. The predicted octanol–water partition coefficient (Wildman–Crippen LogP) is 3.29. The molecule has 116 valence electrons. The van der Waals surface area contributed by atoms with Crippen molar-refractivity contribution in [3.8, 4) is 0 Å². The highest BCUT2D eigenvalue weighted by molar-refractivity contribution is 7.15. The number of aromatic nitrogens is 2. The van der Waals surface area contributed by atoms with Crippen molar-refractivity contribution in [2.75, 3.05) is 5.32 Å². The maximum absolute atomic E-state index is 12.2. The number of nitro benzene ring substituents is 1. The van der Waals surface area contributed by atoms with E-state index in [1.807, 2.05) is 0 Å². The number of nitrogens with zero attached hydrogens (tertiary/aromatic N) is 3. The Labute approximate surface area is 131 Å². The SMILES string of the molecule is CC(C)(C)Cc1nnc(NC(=O)c2ccccc2[N+](=O)[O-])s1. The van der Waals surface area contributed by atoms with Gasteiger partial charge in [0, 0.05) is 12.5 Å². The molecule has 1 aromatic heterocycles. The van der Waals surface area contributed by atoms with Crippen LogP contribution in [0.1, 0.15) is 36.1 Å². The normalized spacial score (nSPS) is 11.2. The zero-order chi connectivity index (χ0) is 16.3. The first-order valence-corrected chi connectivity index (χ1v) is 7.45. The summed E-state index contributed by atoms with van der Waals surface area (Å²) < 4.78 is 0. The first-order valence-electron chi connectivity index (χ1n) is 6.63. The Hall–Kier alpha value is -2.35. The summed E-state index contributed by atoms with van der Waals surface area (Å²) in [6, 6.07) is 5.79. The Morgan fingerprint density at radius 2 is 2.00 bits per heavy atom. The van der Waals surface area contributed by atoms with Gasteiger partial charge < -0.3 is 0 Å². The first-order chi connectivity index (χ1) is 10.3. The van der Waals surface area contributed by atoms with Crippen LogP contribution in [0.2, 0.25) is 0 Å². The topological polar surface area (TPSA) is 98.0 Å². The Bertz CT molecular complexity index is 706. The molecular formula is C14H16N4O3S. The van der Waals surface area contributed by atoms with Crippen LogP contribution in [0.25, 0.3) is 0 Å². The maximum atomic E-state index is 12.2. The molecule has 0 saturated heterocycles. The highest BCUT2D eigenvalue weighted by Crippen LogP contribution is 2.25. The Morgan fingerprint density at radius 3 is 2.64 bits per heavy atom. The molecule has 7 nitrogen and oxygen atoms in total. The van der Waals surface area contributed by atoms with Gasteiger partial charge in [-0.25, -0.2) is 0 Å². The number of amides is 1. The zero-order valence-corrected chi connectivity index (χ0v) is 13.3. The van der Waals surface area contributed by atoms with Gasteiger partial charge in [-0.2, -0.15) is 0 Å². The highest BCUT2D eigenvalue weighted by atomic mass is 32.1.